The van der Waals surface area contributed by atoms with E-state index in [4.69, 9.17) is 5.73 Å². The van der Waals surface area contributed by atoms with Gasteiger partial charge in [0.15, 0.2) is 0 Å². The quantitative estimate of drug-likeness (QED) is 0.767. The topological polar surface area (TPSA) is 66.6 Å². The summed E-state index contributed by atoms with van der Waals surface area (Å²) < 4.78 is 0. The molecule has 1 fully saturated rings. The van der Waals surface area contributed by atoms with Gasteiger partial charge in [-0.15, -0.1) is 0 Å². The Balaban J connectivity index is 2.65. The van der Waals surface area contributed by atoms with Crippen molar-refractivity contribution in [3.63, 3.8) is 0 Å². The number of likely N-dealkylation sites (N-methyl/N-ethyl adjacent to an activating group) is 1. The van der Waals surface area contributed by atoms with E-state index in [-0.39, 0.29) is 17.9 Å². The van der Waals surface area contributed by atoms with Crippen molar-refractivity contribution >= 4 is 11.8 Å². The van der Waals surface area contributed by atoms with Crippen LogP contribution in [0.25, 0.3) is 0 Å². The van der Waals surface area contributed by atoms with E-state index in [2.05, 4.69) is 0 Å². The average Bonchev–Trinajstić information content (AvgIpc) is 2.28. The van der Waals surface area contributed by atoms with Crippen molar-refractivity contribution in [1.82, 2.24) is 9.80 Å². The number of nitrogens with zero attached hydrogens (tertiary/aromatic N) is 2. The van der Waals surface area contributed by atoms with Crippen molar-refractivity contribution in [2.45, 2.75) is 45.7 Å². The fourth-order valence-corrected chi connectivity index (χ4v) is 2.44. The van der Waals surface area contributed by atoms with Crippen molar-refractivity contribution in [2.75, 3.05) is 19.6 Å². The smallest absolute Gasteiger partial charge is 0.239 e. The van der Waals surface area contributed by atoms with Crippen LogP contribution in [0.5, 0.6) is 0 Å². The highest BCUT2D eigenvalue weighted by molar-refractivity contribution is 5.81. The minimum atomic E-state index is -0.457. The molecule has 0 aromatic carbocycles. The first-order valence-corrected chi connectivity index (χ1v) is 6.29. The lowest BCUT2D eigenvalue weighted by molar-refractivity contribution is -0.138. The second-order valence-electron chi connectivity index (χ2n) is 4.67. The van der Waals surface area contributed by atoms with Crippen LogP contribution in [0.15, 0.2) is 0 Å². The molecule has 2 atom stereocenters. The first-order valence-electron chi connectivity index (χ1n) is 6.29. The number of hydrogen-bond acceptors (Lipinski definition) is 3. The van der Waals surface area contributed by atoms with Crippen LogP contribution in [0.1, 0.15) is 33.6 Å². The van der Waals surface area contributed by atoms with E-state index in [9.17, 15) is 9.59 Å². The summed E-state index contributed by atoms with van der Waals surface area (Å²) in [5.74, 6) is 0.0573. The van der Waals surface area contributed by atoms with Gasteiger partial charge in [-0.2, -0.15) is 0 Å². The third-order valence-corrected chi connectivity index (χ3v) is 3.28. The van der Waals surface area contributed by atoms with Crippen LogP contribution in [0.4, 0.5) is 0 Å². The highest BCUT2D eigenvalue weighted by Gasteiger charge is 2.29. The molecule has 0 spiro atoms. The molecule has 0 saturated carbocycles. The van der Waals surface area contributed by atoms with Gasteiger partial charge in [0.2, 0.25) is 11.8 Å². The molecule has 0 bridgehead atoms. The molecule has 0 aliphatic carbocycles. The molecule has 1 aliphatic rings. The minimum absolute atomic E-state index is 0.0192. The number of rotatable bonds is 3. The predicted octanol–water partition coefficient (Wildman–Crippen LogP) is 0.193. The van der Waals surface area contributed by atoms with Crippen molar-refractivity contribution in [3.05, 3.63) is 0 Å². The summed E-state index contributed by atoms with van der Waals surface area (Å²) in [6.45, 7) is 7.32. The van der Waals surface area contributed by atoms with Gasteiger partial charge in [-0.3, -0.25) is 9.59 Å². The normalized spacial score (nSPS) is 22.1. The van der Waals surface area contributed by atoms with Crippen molar-refractivity contribution in [1.29, 1.82) is 0 Å². The largest absolute Gasteiger partial charge is 0.339 e. The van der Waals surface area contributed by atoms with E-state index in [0.717, 1.165) is 19.4 Å². The Morgan fingerprint density at radius 3 is 2.65 bits per heavy atom. The number of amides is 2. The third-order valence-electron chi connectivity index (χ3n) is 3.28. The van der Waals surface area contributed by atoms with Crippen LogP contribution >= 0.6 is 0 Å². The van der Waals surface area contributed by atoms with Crippen molar-refractivity contribution in [3.8, 4) is 0 Å². The van der Waals surface area contributed by atoms with Gasteiger partial charge in [0.05, 0.1) is 6.04 Å². The maximum atomic E-state index is 11.8. The molecular weight excluding hydrogens is 218 g/mol. The van der Waals surface area contributed by atoms with Crippen LogP contribution in [-0.4, -0.2) is 53.3 Å². The summed E-state index contributed by atoms with van der Waals surface area (Å²) >= 11 is 0. The Morgan fingerprint density at radius 2 is 2.18 bits per heavy atom. The van der Waals surface area contributed by atoms with E-state index >= 15 is 0 Å². The first-order chi connectivity index (χ1) is 7.97. The zero-order chi connectivity index (χ0) is 13.0. The van der Waals surface area contributed by atoms with Crippen LogP contribution in [0.2, 0.25) is 0 Å². The fourth-order valence-electron chi connectivity index (χ4n) is 2.44. The van der Waals surface area contributed by atoms with Gasteiger partial charge in [0, 0.05) is 32.6 Å². The van der Waals surface area contributed by atoms with E-state index in [1.54, 1.807) is 18.7 Å². The fraction of sp³-hybridized carbons (Fsp3) is 0.833. The Bertz CT molecular complexity index is 291. The molecule has 1 saturated heterocycles. The lowest BCUT2D eigenvalue weighted by Crippen LogP contribution is -2.53. The summed E-state index contributed by atoms with van der Waals surface area (Å²) in [6.07, 6.45) is 1.91. The number of carbonyl (C=O) groups is 2. The molecule has 5 nitrogen and oxygen atoms in total. The number of hydrogen-bond donors (Lipinski definition) is 1. The first kappa shape index (κ1) is 14.0. The van der Waals surface area contributed by atoms with E-state index in [1.807, 2.05) is 11.8 Å². The van der Waals surface area contributed by atoms with E-state index in [0.29, 0.717) is 13.1 Å². The molecule has 0 aromatic rings. The molecule has 2 N–H and O–H groups in total. The lowest BCUT2D eigenvalue weighted by Gasteiger charge is -2.39. The Kier molecular flexibility index (Phi) is 4.93. The molecule has 98 valence electrons. The van der Waals surface area contributed by atoms with Crippen LogP contribution in [0, 0.1) is 0 Å². The van der Waals surface area contributed by atoms with Gasteiger partial charge in [-0.25, -0.2) is 0 Å². The number of nitrogens with two attached hydrogens (primary N) is 1. The second kappa shape index (κ2) is 6.00. The number of carbonyl (C=O) groups excluding carboxylic acids is 2. The molecule has 1 heterocycles. The molecule has 1 aliphatic heterocycles. The van der Waals surface area contributed by atoms with Gasteiger partial charge >= 0.3 is 0 Å². The molecule has 5 heteroatoms. The molecule has 2 amide bonds. The summed E-state index contributed by atoms with van der Waals surface area (Å²) in [5.41, 5.74) is 5.61. The van der Waals surface area contributed by atoms with Gasteiger partial charge in [-0.05, 0) is 26.7 Å². The van der Waals surface area contributed by atoms with Crippen molar-refractivity contribution in [2.24, 2.45) is 5.73 Å². The predicted molar refractivity (Wildman–Crippen MR) is 66.3 cm³/mol. The zero-order valence-electron chi connectivity index (χ0n) is 11.0. The molecule has 17 heavy (non-hydrogen) atoms. The highest BCUT2D eigenvalue weighted by atomic mass is 16.2. The molecule has 0 unspecified atom stereocenters. The molecule has 0 aromatic heterocycles. The van der Waals surface area contributed by atoms with E-state index < -0.39 is 6.04 Å². The maximum Gasteiger partial charge on any atom is 0.239 e. The minimum Gasteiger partial charge on any atom is -0.339 e. The Labute approximate surface area is 103 Å². The summed E-state index contributed by atoms with van der Waals surface area (Å²) in [4.78, 5) is 26.9. The molecular formula is C12H23N3O2. The second-order valence-corrected chi connectivity index (χ2v) is 4.67. The standard InChI is InChI=1S/C12H23N3O2/c1-4-15(10(3)16)11-6-5-7-14(8-11)12(17)9(2)13/h9,11H,4-8,13H2,1-3H3/t9-,11-/m0/s1. The summed E-state index contributed by atoms with van der Waals surface area (Å²) in [5, 5.41) is 0. The van der Waals surface area contributed by atoms with Crippen molar-refractivity contribution < 1.29 is 9.59 Å². The molecule has 1 rings (SSSR count). The summed E-state index contributed by atoms with van der Waals surface area (Å²) in [7, 11) is 0. The molecule has 0 radical (unpaired) electrons. The summed E-state index contributed by atoms with van der Waals surface area (Å²) in [6, 6.07) is -0.310. The number of likely N-dealkylation sites (tertiary alicyclic amines) is 1. The van der Waals surface area contributed by atoms with Gasteiger partial charge in [0.25, 0.3) is 0 Å². The monoisotopic (exact) mass is 241 g/mol. The Hall–Kier alpha value is -1.10. The third kappa shape index (κ3) is 3.43. The SMILES string of the molecule is CCN(C(C)=O)[C@H]1CCCN(C(=O)[C@H](C)N)C1. The van der Waals surface area contributed by atoms with Crippen LogP contribution in [-0.2, 0) is 9.59 Å². The van der Waals surface area contributed by atoms with Gasteiger partial charge in [-0.1, -0.05) is 0 Å². The lowest BCUT2D eigenvalue weighted by atomic mass is 10.0. The Morgan fingerprint density at radius 1 is 1.53 bits per heavy atom. The average molecular weight is 241 g/mol. The van der Waals surface area contributed by atoms with Crippen LogP contribution < -0.4 is 5.73 Å². The van der Waals surface area contributed by atoms with Gasteiger partial charge in [0.1, 0.15) is 0 Å². The maximum absolute atomic E-state index is 11.8. The number of piperidine rings is 1. The van der Waals surface area contributed by atoms with Crippen LogP contribution in [0.3, 0.4) is 0 Å². The highest BCUT2D eigenvalue weighted by Crippen LogP contribution is 2.16. The zero-order valence-corrected chi connectivity index (χ0v) is 11.0. The van der Waals surface area contributed by atoms with Gasteiger partial charge < -0.3 is 15.5 Å². The van der Waals surface area contributed by atoms with E-state index in [1.165, 1.54) is 0 Å².